The van der Waals surface area contributed by atoms with E-state index in [9.17, 15) is 14.4 Å². The molecule has 3 heterocycles. The second-order valence-electron chi connectivity index (χ2n) is 9.36. The van der Waals surface area contributed by atoms with Crippen LogP contribution in [0.4, 0.5) is 0 Å². The van der Waals surface area contributed by atoms with E-state index in [4.69, 9.17) is 9.15 Å². The maximum atomic E-state index is 13.6. The molecule has 2 aromatic rings. The van der Waals surface area contributed by atoms with Gasteiger partial charge in [-0.15, -0.1) is 0 Å². The summed E-state index contributed by atoms with van der Waals surface area (Å²) in [5.74, 6) is 0.347. The minimum Gasteiger partial charge on any atom is -0.496 e. The van der Waals surface area contributed by atoms with Crippen LogP contribution in [0.3, 0.4) is 0 Å². The van der Waals surface area contributed by atoms with Gasteiger partial charge in [-0.3, -0.25) is 14.4 Å². The molecule has 1 aromatic heterocycles. The number of ether oxygens (including phenoxy) is 1. The standard InChI is InChI=1S/C27H35N3O5/c1-3-4-14-30-24(31)10-9-22(25(30)21-7-5-6-8-23(21)34-2)26(32)28-20-11-15-29(16-12-20)27(33)19-13-17-35-18-19/h5-8,13,17-18,20,22,25H,3-4,9-12,14-16H2,1-2H3,(H,28,32)/t22-,25-/m0/s1. The van der Waals surface area contributed by atoms with Gasteiger partial charge in [-0.2, -0.15) is 0 Å². The molecule has 4 rings (SSSR count). The molecular weight excluding hydrogens is 446 g/mol. The van der Waals surface area contributed by atoms with E-state index in [1.807, 2.05) is 29.2 Å². The number of piperidine rings is 2. The van der Waals surface area contributed by atoms with Crippen molar-refractivity contribution < 1.29 is 23.5 Å². The highest BCUT2D eigenvalue weighted by atomic mass is 16.5. The number of hydrogen-bond acceptors (Lipinski definition) is 5. The number of likely N-dealkylation sites (tertiary alicyclic amines) is 2. The highest BCUT2D eigenvalue weighted by Crippen LogP contribution is 2.41. The Balaban J connectivity index is 1.47. The van der Waals surface area contributed by atoms with Gasteiger partial charge >= 0.3 is 0 Å². The van der Waals surface area contributed by atoms with Gasteiger partial charge in [0.1, 0.15) is 12.0 Å². The quantitative estimate of drug-likeness (QED) is 0.619. The number of nitrogens with one attached hydrogen (secondary N) is 1. The average Bonchev–Trinajstić information content (AvgIpc) is 3.43. The molecule has 2 aliphatic heterocycles. The fourth-order valence-electron chi connectivity index (χ4n) is 5.22. The summed E-state index contributed by atoms with van der Waals surface area (Å²) < 4.78 is 10.6. The molecule has 0 saturated carbocycles. The number of rotatable bonds is 8. The van der Waals surface area contributed by atoms with Crippen LogP contribution in [0.25, 0.3) is 0 Å². The second-order valence-corrected chi connectivity index (χ2v) is 9.36. The van der Waals surface area contributed by atoms with E-state index in [0.717, 1.165) is 18.4 Å². The van der Waals surface area contributed by atoms with Gasteiger partial charge in [0.25, 0.3) is 5.91 Å². The van der Waals surface area contributed by atoms with Crippen molar-refractivity contribution in [2.24, 2.45) is 5.92 Å². The smallest absolute Gasteiger partial charge is 0.257 e. The molecule has 1 aromatic carbocycles. The third kappa shape index (κ3) is 5.52. The Morgan fingerprint density at radius 3 is 2.60 bits per heavy atom. The summed E-state index contributed by atoms with van der Waals surface area (Å²) in [7, 11) is 1.62. The summed E-state index contributed by atoms with van der Waals surface area (Å²) in [6.07, 6.45) is 7.07. The number of nitrogens with zero attached hydrogens (tertiary/aromatic N) is 2. The first-order chi connectivity index (χ1) is 17.0. The minimum absolute atomic E-state index is 0.00376. The zero-order valence-corrected chi connectivity index (χ0v) is 20.6. The van der Waals surface area contributed by atoms with Crippen molar-refractivity contribution in [3.05, 3.63) is 54.0 Å². The second kappa shape index (κ2) is 11.4. The molecule has 2 fully saturated rings. The van der Waals surface area contributed by atoms with E-state index >= 15 is 0 Å². The van der Waals surface area contributed by atoms with Crippen LogP contribution < -0.4 is 10.1 Å². The first kappa shape index (κ1) is 24.8. The lowest BCUT2D eigenvalue weighted by atomic mass is 9.82. The van der Waals surface area contributed by atoms with Crippen molar-refractivity contribution in [1.82, 2.24) is 15.1 Å². The lowest BCUT2D eigenvalue weighted by Gasteiger charge is -2.42. The molecule has 8 nitrogen and oxygen atoms in total. The summed E-state index contributed by atoms with van der Waals surface area (Å²) in [4.78, 5) is 42.8. The maximum absolute atomic E-state index is 13.6. The summed E-state index contributed by atoms with van der Waals surface area (Å²) >= 11 is 0. The van der Waals surface area contributed by atoms with Gasteiger partial charge in [0.2, 0.25) is 11.8 Å². The average molecular weight is 482 g/mol. The first-order valence-electron chi connectivity index (χ1n) is 12.6. The van der Waals surface area contributed by atoms with E-state index in [1.165, 1.54) is 12.5 Å². The fraction of sp³-hybridized carbons (Fsp3) is 0.519. The predicted octanol–water partition coefficient (Wildman–Crippen LogP) is 3.79. The van der Waals surface area contributed by atoms with E-state index in [0.29, 0.717) is 56.6 Å². The number of para-hydroxylation sites is 1. The number of carbonyl (C=O) groups excluding carboxylic acids is 3. The van der Waals surface area contributed by atoms with Gasteiger partial charge in [0.15, 0.2) is 0 Å². The van der Waals surface area contributed by atoms with Gasteiger partial charge in [-0.05, 0) is 37.8 Å². The Labute approximate surface area is 206 Å². The maximum Gasteiger partial charge on any atom is 0.257 e. The van der Waals surface area contributed by atoms with Gasteiger partial charge in [-0.1, -0.05) is 31.5 Å². The van der Waals surface area contributed by atoms with Gasteiger partial charge in [-0.25, -0.2) is 0 Å². The normalized spacial score (nSPS) is 21.1. The Hall–Kier alpha value is -3.29. The van der Waals surface area contributed by atoms with Crippen LogP contribution in [0.2, 0.25) is 0 Å². The molecule has 188 valence electrons. The Kier molecular flexibility index (Phi) is 8.10. The number of benzene rings is 1. The number of methoxy groups -OCH3 is 1. The third-order valence-electron chi connectivity index (χ3n) is 7.15. The molecule has 2 atom stereocenters. The topological polar surface area (TPSA) is 92.1 Å². The van der Waals surface area contributed by atoms with E-state index < -0.39 is 0 Å². The molecule has 0 spiro atoms. The van der Waals surface area contributed by atoms with Crippen molar-refractivity contribution in [1.29, 1.82) is 0 Å². The van der Waals surface area contributed by atoms with Gasteiger partial charge in [0.05, 0.1) is 30.9 Å². The van der Waals surface area contributed by atoms with Crippen LogP contribution in [-0.2, 0) is 9.59 Å². The molecule has 1 N–H and O–H groups in total. The lowest BCUT2D eigenvalue weighted by molar-refractivity contribution is -0.143. The first-order valence-corrected chi connectivity index (χ1v) is 12.6. The number of furan rings is 1. The third-order valence-corrected chi connectivity index (χ3v) is 7.15. The molecule has 2 aliphatic rings. The zero-order valence-electron chi connectivity index (χ0n) is 20.6. The fourth-order valence-corrected chi connectivity index (χ4v) is 5.22. The van der Waals surface area contributed by atoms with E-state index in [1.54, 1.807) is 18.1 Å². The van der Waals surface area contributed by atoms with Crippen LogP contribution in [-0.4, -0.2) is 60.3 Å². The highest BCUT2D eigenvalue weighted by molar-refractivity contribution is 5.94. The van der Waals surface area contributed by atoms with Crippen molar-refractivity contribution in [3.63, 3.8) is 0 Å². The largest absolute Gasteiger partial charge is 0.496 e. The molecule has 0 aliphatic carbocycles. The van der Waals surface area contributed by atoms with Gasteiger partial charge < -0.3 is 24.3 Å². The van der Waals surface area contributed by atoms with E-state index in [-0.39, 0.29) is 35.7 Å². The molecule has 8 heteroatoms. The molecule has 3 amide bonds. The summed E-state index contributed by atoms with van der Waals surface area (Å²) in [6, 6.07) is 8.98. The van der Waals surface area contributed by atoms with E-state index in [2.05, 4.69) is 12.2 Å². The number of hydrogen-bond donors (Lipinski definition) is 1. The van der Waals surface area contributed by atoms with Crippen LogP contribution in [0.1, 0.15) is 67.4 Å². The monoisotopic (exact) mass is 481 g/mol. The Morgan fingerprint density at radius 2 is 1.91 bits per heavy atom. The molecule has 2 saturated heterocycles. The van der Waals surface area contributed by atoms with Crippen LogP contribution in [0.5, 0.6) is 5.75 Å². The number of unbranched alkanes of at least 4 members (excludes halogenated alkanes) is 1. The van der Waals surface area contributed by atoms with Crippen LogP contribution >= 0.6 is 0 Å². The van der Waals surface area contributed by atoms with Gasteiger partial charge in [0, 0.05) is 37.7 Å². The summed E-state index contributed by atoms with van der Waals surface area (Å²) in [5, 5.41) is 3.24. The van der Waals surface area contributed by atoms with Crippen molar-refractivity contribution in [2.45, 2.75) is 57.5 Å². The Bertz CT molecular complexity index is 1010. The van der Waals surface area contributed by atoms with Crippen molar-refractivity contribution >= 4 is 17.7 Å². The molecule has 35 heavy (non-hydrogen) atoms. The highest BCUT2D eigenvalue weighted by Gasteiger charge is 2.42. The SMILES string of the molecule is CCCCN1C(=O)CC[C@H](C(=O)NC2CCN(C(=O)c3ccoc3)CC2)[C@@H]1c1ccccc1OC. The predicted molar refractivity (Wildman–Crippen MR) is 131 cm³/mol. The summed E-state index contributed by atoms with van der Waals surface area (Å²) in [5.41, 5.74) is 1.42. The van der Waals surface area contributed by atoms with Crippen molar-refractivity contribution in [3.8, 4) is 5.75 Å². The minimum atomic E-state index is -0.360. The lowest BCUT2D eigenvalue weighted by Crippen LogP contribution is -2.52. The van der Waals surface area contributed by atoms with Crippen molar-refractivity contribution in [2.75, 3.05) is 26.7 Å². The zero-order chi connectivity index (χ0) is 24.8. The number of amides is 3. The Morgan fingerprint density at radius 1 is 1.14 bits per heavy atom. The molecular formula is C27H35N3O5. The summed E-state index contributed by atoms with van der Waals surface area (Å²) in [6.45, 7) is 3.88. The van der Waals surface area contributed by atoms with Crippen LogP contribution in [0, 0.1) is 5.92 Å². The van der Waals surface area contributed by atoms with Crippen LogP contribution in [0.15, 0.2) is 47.3 Å². The molecule has 0 unspecified atom stereocenters. The molecule has 0 bridgehead atoms. The number of carbonyl (C=O) groups is 3. The molecule has 0 radical (unpaired) electrons.